The molecular weight excluding hydrogens is 230 g/mol. The van der Waals surface area contributed by atoms with Crippen molar-refractivity contribution in [3.8, 4) is 0 Å². The maximum Gasteiger partial charge on any atom is 0.105 e. The van der Waals surface area contributed by atoms with E-state index < -0.39 is 6.10 Å². The third-order valence-corrected chi connectivity index (χ3v) is 3.51. The van der Waals surface area contributed by atoms with Crippen LogP contribution in [-0.4, -0.2) is 10.1 Å². The van der Waals surface area contributed by atoms with E-state index in [1.807, 2.05) is 47.2 Å². The Labute approximate surface area is 103 Å². The normalized spacial score (nSPS) is 12.8. The lowest BCUT2D eigenvalue weighted by Crippen LogP contribution is -1.97. The predicted octanol–water partition coefficient (Wildman–Crippen LogP) is 3.38. The van der Waals surface area contributed by atoms with Crippen LogP contribution in [0.1, 0.15) is 17.2 Å². The zero-order valence-electron chi connectivity index (χ0n) is 9.08. The van der Waals surface area contributed by atoms with Gasteiger partial charge in [0.15, 0.2) is 0 Å². The van der Waals surface area contributed by atoms with Crippen LogP contribution in [-0.2, 0) is 0 Å². The number of aromatic nitrogens is 1. The summed E-state index contributed by atoms with van der Waals surface area (Å²) in [4.78, 5) is 4.30. The summed E-state index contributed by atoms with van der Waals surface area (Å²) in [6, 6.07) is 11.8. The molecular formula is C14H11NOS. The van der Waals surface area contributed by atoms with Crippen molar-refractivity contribution in [1.82, 2.24) is 4.98 Å². The van der Waals surface area contributed by atoms with Crippen molar-refractivity contribution in [2.24, 2.45) is 0 Å². The standard InChI is InChI=1S/C14H11NOS/c16-14(12-5-7-17-9-12)11-4-3-10-2-1-6-15-13(10)8-11/h1-9,14,16H. The van der Waals surface area contributed by atoms with Gasteiger partial charge in [-0.1, -0.05) is 18.2 Å². The average Bonchev–Trinajstić information content (AvgIpc) is 2.91. The lowest BCUT2D eigenvalue weighted by molar-refractivity contribution is 0.221. The average molecular weight is 241 g/mol. The van der Waals surface area contributed by atoms with Gasteiger partial charge in [-0.15, -0.1) is 0 Å². The molecule has 1 aromatic carbocycles. The second kappa shape index (κ2) is 4.28. The quantitative estimate of drug-likeness (QED) is 0.746. The van der Waals surface area contributed by atoms with Gasteiger partial charge < -0.3 is 5.11 Å². The molecule has 1 unspecified atom stereocenters. The van der Waals surface area contributed by atoms with Gasteiger partial charge in [0, 0.05) is 11.6 Å². The van der Waals surface area contributed by atoms with Crippen molar-refractivity contribution >= 4 is 22.2 Å². The number of benzene rings is 1. The number of fused-ring (bicyclic) bond motifs is 1. The highest BCUT2D eigenvalue weighted by Gasteiger charge is 2.11. The maximum absolute atomic E-state index is 10.2. The summed E-state index contributed by atoms with van der Waals surface area (Å²) in [6.07, 6.45) is 1.20. The van der Waals surface area contributed by atoms with E-state index in [1.54, 1.807) is 17.5 Å². The van der Waals surface area contributed by atoms with Crippen LogP contribution >= 0.6 is 11.3 Å². The summed E-state index contributed by atoms with van der Waals surface area (Å²) in [7, 11) is 0. The monoisotopic (exact) mass is 241 g/mol. The van der Waals surface area contributed by atoms with Gasteiger partial charge in [0.1, 0.15) is 6.10 Å². The SMILES string of the molecule is OC(c1ccsc1)c1ccc2cccnc2c1. The first-order valence-corrected chi connectivity index (χ1v) is 6.34. The number of nitrogens with zero attached hydrogens (tertiary/aromatic N) is 1. The number of rotatable bonds is 2. The lowest BCUT2D eigenvalue weighted by atomic mass is 10.0. The molecule has 3 heteroatoms. The zero-order chi connectivity index (χ0) is 11.7. The van der Waals surface area contributed by atoms with Crippen molar-refractivity contribution in [3.05, 3.63) is 64.5 Å². The first-order valence-electron chi connectivity index (χ1n) is 5.39. The maximum atomic E-state index is 10.2. The molecule has 0 bridgehead atoms. The van der Waals surface area contributed by atoms with Gasteiger partial charge in [-0.05, 0) is 40.1 Å². The van der Waals surface area contributed by atoms with E-state index in [2.05, 4.69) is 4.98 Å². The molecule has 0 saturated heterocycles. The zero-order valence-corrected chi connectivity index (χ0v) is 9.89. The summed E-state index contributed by atoms with van der Waals surface area (Å²) >= 11 is 1.59. The molecule has 0 aliphatic heterocycles. The van der Waals surface area contributed by atoms with E-state index in [0.29, 0.717) is 0 Å². The van der Waals surface area contributed by atoms with Gasteiger partial charge in [-0.2, -0.15) is 11.3 Å². The van der Waals surface area contributed by atoms with Crippen molar-refractivity contribution in [2.75, 3.05) is 0 Å². The second-order valence-corrected chi connectivity index (χ2v) is 4.69. The lowest BCUT2D eigenvalue weighted by Gasteiger charge is -2.09. The molecule has 1 N–H and O–H groups in total. The van der Waals surface area contributed by atoms with Crippen molar-refractivity contribution in [2.45, 2.75) is 6.10 Å². The Balaban J connectivity index is 2.06. The molecule has 2 aromatic heterocycles. The van der Waals surface area contributed by atoms with Gasteiger partial charge in [-0.25, -0.2) is 0 Å². The smallest absolute Gasteiger partial charge is 0.105 e. The highest BCUT2D eigenvalue weighted by atomic mass is 32.1. The molecule has 0 fully saturated rings. The molecule has 0 aliphatic carbocycles. The largest absolute Gasteiger partial charge is 0.384 e. The summed E-state index contributed by atoms with van der Waals surface area (Å²) in [6.45, 7) is 0. The minimum Gasteiger partial charge on any atom is -0.384 e. The fourth-order valence-electron chi connectivity index (χ4n) is 1.88. The third-order valence-electron chi connectivity index (χ3n) is 2.80. The number of hydrogen-bond acceptors (Lipinski definition) is 3. The van der Waals surface area contributed by atoms with Crippen LogP contribution in [0.5, 0.6) is 0 Å². The molecule has 3 rings (SSSR count). The number of aliphatic hydroxyl groups is 1. The molecule has 0 amide bonds. The minimum atomic E-state index is -0.562. The van der Waals surface area contributed by atoms with Crippen LogP contribution in [0.3, 0.4) is 0 Å². The van der Waals surface area contributed by atoms with Gasteiger partial charge in [0.05, 0.1) is 5.52 Å². The highest BCUT2D eigenvalue weighted by molar-refractivity contribution is 7.07. The molecule has 0 spiro atoms. The van der Waals surface area contributed by atoms with Gasteiger partial charge >= 0.3 is 0 Å². The number of aliphatic hydroxyl groups excluding tert-OH is 1. The third kappa shape index (κ3) is 1.95. The second-order valence-electron chi connectivity index (χ2n) is 3.91. The van der Waals surface area contributed by atoms with E-state index in [-0.39, 0.29) is 0 Å². The summed E-state index contributed by atoms with van der Waals surface area (Å²) in [5, 5.41) is 15.2. The molecule has 2 heterocycles. The fourth-order valence-corrected chi connectivity index (χ4v) is 2.56. The number of hydrogen-bond donors (Lipinski definition) is 1. The van der Waals surface area contributed by atoms with E-state index in [9.17, 15) is 5.11 Å². The first-order chi connectivity index (χ1) is 8.34. The number of pyridine rings is 1. The van der Waals surface area contributed by atoms with E-state index in [4.69, 9.17) is 0 Å². The minimum absolute atomic E-state index is 0.562. The van der Waals surface area contributed by atoms with Gasteiger partial charge in [0.2, 0.25) is 0 Å². The van der Waals surface area contributed by atoms with Crippen LogP contribution in [0.15, 0.2) is 53.4 Å². The fraction of sp³-hybridized carbons (Fsp3) is 0.0714. The predicted molar refractivity (Wildman–Crippen MR) is 70.1 cm³/mol. The summed E-state index contributed by atoms with van der Waals surface area (Å²) in [5.74, 6) is 0. The number of thiophene rings is 1. The van der Waals surface area contributed by atoms with Crippen molar-refractivity contribution in [3.63, 3.8) is 0 Å². The molecule has 2 nitrogen and oxygen atoms in total. The Morgan fingerprint density at radius 2 is 2.06 bits per heavy atom. The Morgan fingerprint density at radius 1 is 1.12 bits per heavy atom. The molecule has 0 radical (unpaired) electrons. The van der Waals surface area contributed by atoms with Gasteiger partial charge in [0.25, 0.3) is 0 Å². The summed E-state index contributed by atoms with van der Waals surface area (Å²) < 4.78 is 0. The van der Waals surface area contributed by atoms with E-state index in [1.165, 1.54) is 0 Å². The molecule has 3 aromatic rings. The molecule has 17 heavy (non-hydrogen) atoms. The van der Waals surface area contributed by atoms with Gasteiger partial charge in [-0.3, -0.25) is 4.98 Å². The van der Waals surface area contributed by atoms with Crippen LogP contribution < -0.4 is 0 Å². The Hall–Kier alpha value is -1.71. The van der Waals surface area contributed by atoms with Crippen LogP contribution in [0.2, 0.25) is 0 Å². The first kappa shape index (κ1) is 10.4. The van der Waals surface area contributed by atoms with E-state index in [0.717, 1.165) is 22.0 Å². The van der Waals surface area contributed by atoms with Crippen molar-refractivity contribution < 1.29 is 5.11 Å². The Morgan fingerprint density at radius 3 is 2.88 bits per heavy atom. The van der Waals surface area contributed by atoms with E-state index >= 15 is 0 Å². The van der Waals surface area contributed by atoms with Crippen LogP contribution in [0.4, 0.5) is 0 Å². The Bertz CT molecular complexity index is 634. The van der Waals surface area contributed by atoms with Crippen molar-refractivity contribution in [1.29, 1.82) is 0 Å². The molecule has 0 saturated carbocycles. The van der Waals surface area contributed by atoms with Crippen LogP contribution in [0, 0.1) is 0 Å². The molecule has 84 valence electrons. The molecule has 0 aliphatic rings. The molecule has 1 atom stereocenters. The summed E-state index contributed by atoms with van der Waals surface area (Å²) in [5.41, 5.74) is 2.74. The Kier molecular flexibility index (Phi) is 2.63. The highest BCUT2D eigenvalue weighted by Crippen LogP contribution is 2.25. The topological polar surface area (TPSA) is 33.1 Å². The van der Waals surface area contributed by atoms with Crippen LogP contribution in [0.25, 0.3) is 10.9 Å².